The largest absolute Gasteiger partial charge is 0.382 e. The molecule has 2 aromatic rings. The Morgan fingerprint density at radius 1 is 1.08 bits per heavy atom. The highest BCUT2D eigenvalue weighted by Gasteiger charge is 2.63. The zero-order valence-electron chi connectivity index (χ0n) is 13.8. The van der Waals surface area contributed by atoms with Gasteiger partial charge in [0.15, 0.2) is 5.78 Å². The van der Waals surface area contributed by atoms with Crippen molar-refractivity contribution in [3.63, 3.8) is 0 Å². The van der Waals surface area contributed by atoms with Gasteiger partial charge in [-0.05, 0) is 29.8 Å². The van der Waals surface area contributed by atoms with E-state index in [0.717, 1.165) is 11.0 Å². The van der Waals surface area contributed by atoms with Gasteiger partial charge in [0.05, 0.1) is 0 Å². The van der Waals surface area contributed by atoms with Gasteiger partial charge >= 0.3 is 0 Å². The van der Waals surface area contributed by atoms with Crippen LogP contribution in [-0.2, 0) is 15.1 Å². The van der Waals surface area contributed by atoms with Crippen molar-refractivity contribution in [1.29, 1.82) is 0 Å². The quantitative estimate of drug-likeness (QED) is 0.794. The van der Waals surface area contributed by atoms with Crippen LogP contribution in [0.3, 0.4) is 0 Å². The molecule has 2 aliphatic rings. The highest BCUT2D eigenvalue weighted by atomic mass is 19.1. The molecule has 2 aromatic carbocycles. The Bertz CT molecular complexity index is 960. The number of benzene rings is 2. The molecule has 2 unspecified atom stereocenters. The summed E-state index contributed by atoms with van der Waals surface area (Å²) in [7, 11) is 1.25. The lowest BCUT2D eigenvalue weighted by Crippen LogP contribution is -2.52. The first kappa shape index (κ1) is 16.4. The van der Waals surface area contributed by atoms with Gasteiger partial charge in [-0.1, -0.05) is 24.3 Å². The lowest BCUT2D eigenvalue weighted by molar-refractivity contribution is -0.139. The van der Waals surface area contributed by atoms with Crippen LogP contribution in [0.2, 0.25) is 0 Å². The Labute approximate surface area is 148 Å². The van der Waals surface area contributed by atoms with Crippen LogP contribution in [0.5, 0.6) is 0 Å². The predicted molar refractivity (Wildman–Crippen MR) is 89.7 cm³/mol. The predicted octanol–water partition coefficient (Wildman–Crippen LogP) is 1.31. The van der Waals surface area contributed by atoms with E-state index in [1.165, 1.54) is 25.2 Å². The average molecular weight is 354 g/mol. The maximum atomic E-state index is 13.9. The molecule has 0 bridgehead atoms. The number of aliphatic hydroxyl groups is 1. The summed E-state index contributed by atoms with van der Waals surface area (Å²) in [6.07, 6.45) is -1.71. The summed E-state index contributed by atoms with van der Waals surface area (Å²) < 4.78 is 13.9. The summed E-state index contributed by atoms with van der Waals surface area (Å²) in [4.78, 5) is 39.0. The number of rotatable bonds is 2. The number of likely N-dealkylation sites (tertiary alicyclic amines) is 1. The molecule has 6 nitrogen and oxygen atoms in total. The fraction of sp³-hybridized carbons (Fsp3) is 0.211. The molecule has 0 aliphatic carbocycles. The zero-order valence-corrected chi connectivity index (χ0v) is 13.8. The van der Waals surface area contributed by atoms with E-state index in [4.69, 9.17) is 0 Å². The van der Waals surface area contributed by atoms with Crippen LogP contribution in [0.4, 0.5) is 10.1 Å². The topological polar surface area (TPSA) is 86.7 Å². The molecule has 2 N–H and O–H groups in total. The molecule has 2 heterocycles. The molecule has 7 heteroatoms. The Morgan fingerprint density at radius 3 is 2.42 bits per heavy atom. The van der Waals surface area contributed by atoms with Crippen molar-refractivity contribution >= 4 is 23.3 Å². The number of fused-ring (bicyclic) bond motifs is 1. The molecule has 0 radical (unpaired) electrons. The van der Waals surface area contributed by atoms with Crippen molar-refractivity contribution in [2.45, 2.75) is 11.6 Å². The van der Waals surface area contributed by atoms with Gasteiger partial charge in [-0.2, -0.15) is 0 Å². The second-order valence-electron chi connectivity index (χ2n) is 6.48. The Kier molecular flexibility index (Phi) is 3.45. The minimum Gasteiger partial charge on any atom is -0.382 e. The average Bonchev–Trinajstić information content (AvgIpc) is 3.03. The maximum Gasteiger partial charge on any atom is 0.258 e. The third kappa shape index (κ3) is 1.97. The Morgan fingerprint density at radius 2 is 1.81 bits per heavy atom. The molecule has 3 atom stereocenters. The van der Waals surface area contributed by atoms with E-state index in [1.54, 1.807) is 24.3 Å². The number of likely N-dealkylation sites (N-methyl/N-ethyl adjacent to an activating group) is 1. The monoisotopic (exact) mass is 354 g/mol. The number of imide groups is 1. The SMILES string of the molecule is CN1C(=O)C(O)[C@H](C2(c3cccc(F)c3)Nc3ccccc3C2=O)C1=O. The van der Waals surface area contributed by atoms with Gasteiger partial charge in [0.1, 0.15) is 23.4 Å². The molecule has 0 spiro atoms. The maximum absolute atomic E-state index is 13.9. The van der Waals surface area contributed by atoms with Gasteiger partial charge in [-0.15, -0.1) is 0 Å². The minimum absolute atomic E-state index is 0.180. The molecule has 2 amide bonds. The van der Waals surface area contributed by atoms with E-state index in [2.05, 4.69) is 5.32 Å². The molecule has 0 saturated carbocycles. The van der Waals surface area contributed by atoms with Crippen LogP contribution in [0.1, 0.15) is 15.9 Å². The van der Waals surface area contributed by atoms with Crippen LogP contribution >= 0.6 is 0 Å². The van der Waals surface area contributed by atoms with E-state index in [-0.39, 0.29) is 5.56 Å². The van der Waals surface area contributed by atoms with Crippen LogP contribution in [0.25, 0.3) is 0 Å². The second-order valence-corrected chi connectivity index (χ2v) is 6.48. The first-order valence-corrected chi connectivity index (χ1v) is 8.05. The number of para-hydroxylation sites is 1. The van der Waals surface area contributed by atoms with Crippen molar-refractivity contribution in [2.24, 2.45) is 5.92 Å². The van der Waals surface area contributed by atoms with Gasteiger partial charge in [0.2, 0.25) is 5.91 Å². The highest BCUT2D eigenvalue weighted by molar-refractivity contribution is 6.18. The third-order valence-electron chi connectivity index (χ3n) is 5.10. The minimum atomic E-state index is -1.76. The number of nitrogens with zero attached hydrogens (tertiary/aromatic N) is 1. The first-order valence-electron chi connectivity index (χ1n) is 8.05. The van der Waals surface area contributed by atoms with E-state index in [9.17, 15) is 23.9 Å². The Balaban J connectivity index is 1.98. The number of ketones is 1. The number of hydrogen-bond donors (Lipinski definition) is 2. The molecule has 0 aromatic heterocycles. The second kappa shape index (κ2) is 5.47. The first-order chi connectivity index (χ1) is 12.4. The van der Waals surface area contributed by atoms with Crippen molar-refractivity contribution < 1.29 is 23.9 Å². The fourth-order valence-electron chi connectivity index (χ4n) is 3.82. The van der Waals surface area contributed by atoms with Crippen LogP contribution in [0, 0.1) is 11.7 Å². The standard InChI is InChI=1S/C19H15FN2O4/c1-22-17(25)14(15(23)18(22)26)19(10-5-4-6-11(20)9-10)16(24)12-7-2-3-8-13(12)21-19/h2-9,14-15,21,23H,1H3/t14-,15?,19?/m0/s1. The van der Waals surface area contributed by atoms with E-state index < -0.39 is 41.0 Å². The van der Waals surface area contributed by atoms with Gasteiger partial charge in [-0.3, -0.25) is 19.3 Å². The highest BCUT2D eigenvalue weighted by Crippen LogP contribution is 2.47. The lowest BCUT2D eigenvalue weighted by Gasteiger charge is -2.34. The molecule has 1 saturated heterocycles. The summed E-state index contributed by atoms with van der Waals surface area (Å²) in [5.41, 5.74) is -0.801. The van der Waals surface area contributed by atoms with Gasteiger partial charge < -0.3 is 10.4 Å². The number of Topliss-reactive ketones (excluding diaryl/α,β-unsaturated/α-hetero) is 1. The smallest absolute Gasteiger partial charge is 0.258 e. The number of aliphatic hydroxyl groups excluding tert-OH is 1. The number of carbonyl (C=O) groups excluding carboxylic acids is 3. The number of anilines is 1. The number of hydrogen-bond acceptors (Lipinski definition) is 5. The summed E-state index contributed by atoms with van der Waals surface area (Å²) in [5.74, 6) is -3.96. The van der Waals surface area contributed by atoms with Gasteiger partial charge in [0.25, 0.3) is 5.91 Å². The molecular weight excluding hydrogens is 339 g/mol. The van der Waals surface area contributed by atoms with Gasteiger partial charge in [-0.25, -0.2) is 4.39 Å². The van der Waals surface area contributed by atoms with E-state index in [0.29, 0.717) is 11.3 Å². The van der Waals surface area contributed by atoms with Crippen molar-refractivity contribution in [2.75, 3.05) is 12.4 Å². The molecule has 26 heavy (non-hydrogen) atoms. The molecule has 4 rings (SSSR count). The summed E-state index contributed by atoms with van der Waals surface area (Å²) >= 11 is 0. The molecule has 132 valence electrons. The lowest BCUT2D eigenvalue weighted by atomic mass is 9.73. The molecular formula is C19H15FN2O4. The van der Waals surface area contributed by atoms with E-state index in [1.807, 2.05) is 0 Å². The molecule has 1 fully saturated rings. The van der Waals surface area contributed by atoms with Crippen molar-refractivity contribution in [3.05, 3.63) is 65.5 Å². The molecule has 2 aliphatic heterocycles. The number of amides is 2. The third-order valence-corrected chi connectivity index (χ3v) is 5.10. The zero-order chi connectivity index (χ0) is 18.6. The van der Waals surface area contributed by atoms with Crippen LogP contribution in [0.15, 0.2) is 48.5 Å². The van der Waals surface area contributed by atoms with Crippen molar-refractivity contribution in [1.82, 2.24) is 4.90 Å². The van der Waals surface area contributed by atoms with Gasteiger partial charge in [0, 0.05) is 18.3 Å². The van der Waals surface area contributed by atoms with E-state index >= 15 is 0 Å². The number of carbonyl (C=O) groups is 3. The summed E-state index contributed by atoms with van der Waals surface area (Å²) in [6, 6.07) is 11.9. The Hall–Kier alpha value is -3.06. The van der Waals surface area contributed by atoms with Crippen LogP contribution in [-0.4, -0.2) is 40.8 Å². The number of halogens is 1. The number of nitrogens with one attached hydrogen (secondary N) is 1. The fourth-order valence-corrected chi connectivity index (χ4v) is 3.82. The normalized spacial score (nSPS) is 27.7. The summed E-state index contributed by atoms with van der Waals surface area (Å²) in [5, 5.41) is 13.5. The summed E-state index contributed by atoms with van der Waals surface area (Å²) in [6.45, 7) is 0. The van der Waals surface area contributed by atoms with Crippen molar-refractivity contribution in [3.8, 4) is 0 Å². The van der Waals surface area contributed by atoms with Crippen LogP contribution < -0.4 is 5.32 Å².